The van der Waals surface area contributed by atoms with E-state index in [1.54, 1.807) is 0 Å². The van der Waals surface area contributed by atoms with E-state index in [-0.39, 0.29) is 0 Å². The van der Waals surface area contributed by atoms with Gasteiger partial charge in [0, 0.05) is 53.6 Å². The van der Waals surface area contributed by atoms with Gasteiger partial charge in [-0.2, -0.15) is 0 Å². The lowest BCUT2D eigenvalue weighted by molar-refractivity contribution is 1.19. The molecule has 0 spiro atoms. The number of thiophene rings is 2. The summed E-state index contributed by atoms with van der Waals surface area (Å²) in [6.45, 7) is 0. The molecular weight excluding hydrogens is 585 g/mol. The third kappa shape index (κ3) is 3.05. The van der Waals surface area contributed by atoms with Crippen molar-refractivity contribution in [3.8, 4) is 5.69 Å². The Labute approximate surface area is 265 Å². The maximum atomic E-state index is 4.84. The number of para-hydroxylation sites is 1. The van der Waals surface area contributed by atoms with Crippen LogP contribution in [0.3, 0.4) is 0 Å². The Balaban J connectivity index is 1.40. The minimum absolute atomic E-state index is 1.09. The Morgan fingerprint density at radius 1 is 0.444 bits per heavy atom. The first kappa shape index (κ1) is 24.1. The highest BCUT2D eigenvalue weighted by Crippen LogP contribution is 2.52. The number of aromatic nitrogens is 2. The summed E-state index contributed by atoms with van der Waals surface area (Å²) in [6, 6.07) is 46.9. The van der Waals surface area contributed by atoms with E-state index in [0.29, 0.717) is 0 Å². The van der Waals surface area contributed by atoms with Crippen LogP contribution in [0.2, 0.25) is 0 Å². The Morgan fingerprint density at radius 2 is 1.07 bits per heavy atom. The monoisotopic (exact) mass is 606 g/mol. The quantitative estimate of drug-likeness (QED) is 0.170. The molecule has 0 atom stereocenters. The van der Waals surface area contributed by atoms with E-state index >= 15 is 0 Å². The Bertz CT molecular complexity index is 3010. The maximum Gasteiger partial charge on any atom is 0.124 e. The molecule has 0 N–H and O–H groups in total. The molecule has 0 bridgehead atoms. The number of hydrogen-bond acceptors (Lipinski definition) is 3. The lowest BCUT2D eigenvalue weighted by atomic mass is 9.94. The fourth-order valence-corrected chi connectivity index (χ4v) is 10.3. The summed E-state index contributed by atoms with van der Waals surface area (Å²) in [5.74, 6) is 0. The van der Waals surface area contributed by atoms with Crippen LogP contribution < -0.4 is 0 Å². The zero-order chi connectivity index (χ0) is 29.2. The molecule has 0 unspecified atom stereocenters. The number of fused-ring (bicyclic) bond motifs is 18. The number of hydrogen-bond donors (Lipinski definition) is 0. The normalized spacial score (nSPS) is 12.4. The second-order valence-electron chi connectivity index (χ2n) is 11.9. The highest BCUT2D eigenvalue weighted by atomic mass is 32.1. The molecule has 45 heavy (non-hydrogen) atoms. The van der Waals surface area contributed by atoms with Crippen LogP contribution in [-0.2, 0) is 0 Å². The van der Waals surface area contributed by atoms with Crippen molar-refractivity contribution < 1.29 is 0 Å². The number of pyridine rings is 1. The third-order valence-corrected chi connectivity index (χ3v) is 11.9. The topological polar surface area (TPSA) is 17.8 Å². The van der Waals surface area contributed by atoms with Crippen molar-refractivity contribution in [3.63, 3.8) is 0 Å². The highest BCUT2D eigenvalue weighted by Gasteiger charge is 2.24. The maximum absolute atomic E-state index is 4.84. The molecule has 0 aliphatic rings. The van der Waals surface area contributed by atoms with Gasteiger partial charge in [-0.1, -0.05) is 91.0 Å². The molecular formula is C41H22N2S2. The standard InChI is InChI=1S/C41H22N2S2/c1-2-12-26-24(10-1)25-11-3-4-13-27(25)32-22-23(19-20-28(26)32)43-33-17-7-5-14-29(33)35-36-31-16-9-21-42-41(31)45-39(36)37-30-15-6-8-18-34(30)44-40(37)38(35)43/h1-22H. The third-order valence-electron chi connectivity index (χ3n) is 9.61. The molecule has 0 amide bonds. The van der Waals surface area contributed by atoms with Crippen LogP contribution in [-0.4, -0.2) is 9.55 Å². The van der Waals surface area contributed by atoms with Crippen LogP contribution >= 0.6 is 22.7 Å². The predicted octanol–water partition coefficient (Wildman–Crippen LogP) is 12.4. The van der Waals surface area contributed by atoms with Gasteiger partial charge in [0.1, 0.15) is 4.83 Å². The summed E-state index contributed by atoms with van der Waals surface area (Å²) in [6.07, 6.45) is 1.92. The van der Waals surface area contributed by atoms with E-state index in [4.69, 9.17) is 4.98 Å². The van der Waals surface area contributed by atoms with Crippen molar-refractivity contribution in [2.45, 2.75) is 0 Å². The van der Waals surface area contributed by atoms with Crippen LogP contribution in [0, 0.1) is 0 Å². The largest absolute Gasteiger partial charge is 0.308 e. The fourth-order valence-electron chi connectivity index (χ4n) is 7.81. The van der Waals surface area contributed by atoms with Crippen molar-refractivity contribution in [2.24, 2.45) is 0 Å². The molecule has 4 heteroatoms. The van der Waals surface area contributed by atoms with E-state index in [1.165, 1.54) is 95.5 Å². The summed E-state index contributed by atoms with van der Waals surface area (Å²) in [5, 5.41) is 15.6. The number of nitrogens with zero attached hydrogens (tertiary/aromatic N) is 2. The lowest BCUT2D eigenvalue weighted by Crippen LogP contribution is -1.95. The van der Waals surface area contributed by atoms with Crippen LogP contribution in [0.1, 0.15) is 0 Å². The molecule has 208 valence electrons. The van der Waals surface area contributed by atoms with Crippen LogP contribution in [0.15, 0.2) is 134 Å². The van der Waals surface area contributed by atoms with Gasteiger partial charge in [-0.3, -0.25) is 0 Å². The summed E-state index contributed by atoms with van der Waals surface area (Å²) in [4.78, 5) is 5.94. The summed E-state index contributed by atoms with van der Waals surface area (Å²) < 4.78 is 6.53. The average molecular weight is 607 g/mol. The fraction of sp³-hybridized carbons (Fsp3) is 0. The van der Waals surface area contributed by atoms with Gasteiger partial charge in [0.25, 0.3) is 0 Å². The van der Waals surface area contributed by atoms with Gasteiger partial charge in [0.05, 0.1) is 15.7 Å². The van der Waals surface area contributed by atoms with E-state index in [0.717, 1.165) is 4.83 Å². The van der Waals surface area contributed by atoms with Crippen molar-refractivity contribution in [1.29, 1.82) is 0 Å². The highest BCUT2D eigenvalue weighted by molar-refractivity contribution is 7.30. The van der Waals surface area contributed by atoms with Gasteiger partial charge in [-0.15, -0.1) is 22.7 Å². The first-order chi connectivity index (χ1) is 22.3. The molecule has 11 rings (SSSR count). The molecule has 0 aliphatic carbocycles. The molecule has 2 nitrogen and oxygen atoms in total. The van der Waals surface area contributed by atoms with Crippen molar-refractivity contribution in [1.82, 2.24) is 9.55 Å². The molecule has 0 radical (unpaired) electrons. The Hall–Kier alpha value is -5.29. The Kier molecular flexibility index (Phi) is 4.64. The average Bonchev–Trinajstić information content (AvgIpc) is 3.78. The van der Waals surface area contributed by atoms with Gasteiger partial charge in [-0.25, -0.2) is 4.98 Å². The molecule has 0 aliphatic heterocycles. The van der Waals surface area contributed by atoms with Crippen molar-refractivity contribution in [2.75, 3.05) is 0 Å². The molecule has 0 saturated carbocycles. The minimum atomic E-state index is 1.09. The number of rotatable bonds is 1. The predicted molar refractivity (Wildman–Crippen MR) is 197 cm³/mol. The van der Waals surface area contributed by atoms with Gasteiger partial charge < -0.3 is 4.57 Å². The van der Waals surface area contributed by atoms with Gasteiger partial charge in [0.15, 0.2) is 0 Å². The van der Waals surface area contributed by atoms with E-state index < -0.39 is 0 Å². The van der Waals surface area contributed by atoms with Gasteiger partial charge >= 0.3 is 0 Å². The lowest BCUT2D eigenvalue weighted by Gasteiger charge is -2.14. The molecule has 0 fully saturated rings. The first-order valence-corrected chi connectivity index (χ1v) is 16.9. The SMILES string of the molecule is c1ccc2c(c1)sc1c2c2sc3ncccc3c2c2c3ccccc3n(-c3ccc4c5ccccc5c5ccccc5c4c3)c12. The van der Waals surface area contributed by atoms with Crippen molar-refractivity contribution in [3.05, 3.63) is 134 Å². The van der Waals surface area contributed by atoms with E-state index in [9.17, 15) is 0 Å². The van der Waals surface area contributed by atoms with Crippen LogP contribution in [0.4, 0.5) is 0 Å². The molecule has 0 saturated heterocycles. The molecule has 4 aromatic heterocycles. The summed E-state index contributed by atoms with van der Waals surface area (Å²) in [5.41, 5.74) is 3.70. The van der Waals surface area contributed by atoms with Gasteiger partial charge in [-0.05, 0) is 68.7 Å². The summed E-state index contributed by atoms with van der Waals surface area (Å²) >= 11 is 3.74. The zero-order valence-corrected chi connectivity index (χ0v) is 25.5. The molecule has 4 heterocycles. The molecule has 11 aromatic rings. The van der Waals surface area contributed by atoms with Gasteiger partial charge in [0.2, 0.25) is 0 Å². The minimum Gasteiger partial charge on any atom is -0.308 e. The Morgan fingerprint density at radius 3 is 1.84 bits per heavy atom. The summed E-state index contributed by atoms with van der Waals surface area (Å²) in [7, 11) is 0. The van der Waals surface area contributed by atoms with Crippen molar-refractivity contribution >= 4 is 117 Å². The van der Waals surface area contributed by atoms with Crippen LogP contribution in [0.5, 0.6) is 0 Å². The number of benzene rings is 7. The first-order valence-electron chi connectivity index (χ1n) is 15.2. The second-order valence-corrected chi connectivity index (χ2v) is 13.9. The van der Waals surface area contributed by atoms with E-state index in [1.807, 2.05) is 28.9 Å². The molecule has 7 aromatic carbocycles. The van der Waals surface area contributed by atoms with E-state index in [2.05, 4.69) is 132 Å². The smallest absolute Gasteiger partial charge is 0.124 e. The van der Waals surface area contributed by atoms with Crippen LogP contribution in [0.25, 0.3) is 100 Å². The second kappa shape index (κ2) is 8.66. The zero-order valence-electron chi connectivity index (χ0n) is 23.9.